The molecule has 0 spiro atoms. The second-order valence-corrected chi connectivity index (χ2v) is 6.15. The molecule has 2 aromatic rings. The zero-order valence-corrected chi connectivity index (χ0v) is 13.6. The second kappa shape index (κ2) is 6.87. The minimum atomic E-state index is -0.217. The van der Waals surface area contributed by atoms with Crippen molar-refractivity contribution in [1.29, 1.82) is 0 Å². The van der Waals surface area contributed by atoms with Gasteiger partial charge in [0.2, 0.25) is 0 Å². The first kappa shape index (κ1) is 15.6. The normalized spacial score (nSPS) is 12.8. The number of carbonyl (C=O) groups is 2. The molecule has 0 bridgehead atoms. The van der Waals surface area contributed by atoms with E-state index >= 15 is 0 Å². The number of benzene rings is 2. The molecule has 0 heterocycles. The van der Waals surface area contributed by atoms with Crippen LogP contribution in [0.25, 0.3) is 0 Å². The van der Waals surface area contributed by atoms with Gasteiger partial charge < -0.3 is 10.1 Å². The molecule has 1 aliphatic carbocycles. The van der Waals surface area contributed by atoms with E-state index in [-0.39, 0.29) is 18.3 Å². The molecule has 1 aliphatic rings. The number of rotatable bonds is 5. The Bertz CT molecular complexity index is 758. The fourth-order valence-electron chi connectivity index (χ4n) is 2.63. The number of carbonyl (C=O) groups excluding carboxylic acids is 2. The number of thioether (sulfide) groups is 1. The molecule has 118 valence electrons. The summed E-state index contributed by atoms with van der Waals surface area (Å²) in [6.07, 6.45) is 3.19. The lowest BCUT2D eigenvalue weighted by Gasteiger charge is -2.11. The van der Waals surface area contributed by atoms with Gasteiger partial charge in [-0.15, -0.1) is 11.8 Å². The Labute approximate surface area is 139 Å². The Hall–Kier alpha value is -2.27. The molecule has 0 radical (unpaired) electrons. The smallest absolute Gasteiger partial charge is 0.262 e. The summed E-state index contributed by atoms with van der Waals surface area (Å²) in [6.45, 7) is -0.0753. The number of Topliss-reactive ketones (excluding diaryl/α,β-unsaturated/α-hetero) is 1. The Morgan fingerprint density at radius 3 is 2.87 bits per heavy atom. The van der Waals surface area contributed by atoms with Gasteiger partial charge in [-0.05, 0) is 36.9 Å². The van der Waals surface area contributed by atoms with Crippen LogP contribution in [-0.2, 0) is 11.2 Å². The van der Waals surface area contributed by atoms with E-state index in [2.05, 4.69) is 5.32 Å². The quantitative estimate of drug-likeness (QED) is 0.853. The zero-order chi connectivity index (χ0) is 16.2. The SMILES string of the molecule is CSc1cccc(NC(=O)COc2cccc3c2CCC3=O)c1. The number of nitrogens with one attached hydrogen (secondary N) is 1. The predicted molar refractivity (Wildman–Crippen MR) is 91.4 cm³/mol. The van der Waals surface area contributed by atoms with Crippen LogP contribution in [-0.4, -0.2) is 24.6 Å². The van der Waals surface area contributed by atoms with E-state index in [0.29, 0.717) is 18.6 Å². The van der Waals surface area contributed by atoms with Gasteiger partial charge in [-0.2, -0.15) is 0 Å². The molecule has 0 atom stereocenters. The average Bonchev–Trinajstić information content (AvgIpc) is 2.95. The molecule has 0 saturated heterocycles. The number of ether oxygens (including phenoxy) is 1. The van der Waals surface area contributed by atoms with Crippen molar-refractivity contribution < 1.29 is 14.3 Å². The van der Waals surface area contributed by atoms with Crippen LogP contribution in [0, 0.1) is 0 Å². The molecule has 4 nitrogen and oxygen atoms in total. The van der Waals surface area contributed by atoms with Crippen molar-refractivity contribution in [2.75, 3.05) is 18.2 Å². The van der Waals surface area contributed by atoms with Crippen LogP contribution in [0.4, 0.5) is 5.69 Å². The van der Waals surface area contributed by atoms with Crippen molar-refractivity contribution in [3.63, 3.8) is 0 Å². The Morgan fingerprint density at radius 1 is 1.22 bits per heavy atom. The summed E-state index contributed by atoms with van der Waals surface area (Å²) >= 11 is 1.62. The maximum Gasteiger partial charge on any atom is 0.262 e. The Kier molecular flexibility index (Phi) is 4.67. The van der Waals surface area contributed by atoms with Crippen LogP contribution in [0.5, 0.6) is 5.75 Å². The van der Waals surface area contributed by atoms with E-state index in [9.17, 15) is 9.59 Å². The van der Waals surface area contributed by atoms with E-state index in [1.165, 1.54) is 0 Å². The van der Waals surface area contributed by atoms with E-state index in [1.807, 2.05) is 36.6 Å². The number of amides is 1. The summed E-state index contributed by atoms with van der Waals surface area (Å²) in [4.78, 5) is 24.8. The maximum absolute atomic E-state index is 12.0. The Morgan fingerprint density at radius 2 is 2.04 bits per heavy atom. The van der Waals surface area contributed by atoms with Crippen LogP contribution < -0.4 is 10.1 Å². The van der Waals surface area contributed by atoms with Gasteiger partial charge in [0, 0.05) is 28.1 Å². The first-order valence-corrected chi connectivity index (χ1v) is 8.61. The van der Waals surface area contributed by atoms with E-state index in [4.69, 9.17) is 4.74 Å². The van der Waals surface area contributed by atoms with Gasteiger partial charge >= 0.3 is 0 Å². The van der Waals surface area contributed by atoms with Gasteiger partial charge in [0.15, 0.2) is 12.4 Å². The third-order valence-electron chi connectivity index (χ3n) is 3.75. The topological polar surface area (TPSA) is 55.4 Å². The molecule has 1 N–H and O–H groups in total. The molecule has 2 aromatic carbocycles. The number of anilines is 1. The average molecular weight is 327 g/mol. The predicted octanol–water partition coefficient (Wildman–Crippen LogP) is 3.55. The first-order valence-electron chi connectivity index (χ1n) is 7.39. The van der Waals surface area contributed by atoms with Gasteiger partial charge in [0.25, 0.3) is 5.91 Å². The maximum atomic E-state index is 12.0. The fraction of sp³-hybridized carbons (Fsp3) is 0.222. The molecule has 3 rings (SSSR count). The molecular weight excluding hydrogens is 310 g/mol. The molecule has 23 heavy (non-hydrogen) atoms. The van der Waals surface area contributed by atoms with Crippen molar-refractivity contribution in [3.05, 3.63) is 53.6 Å². The first-order chi connectivity index (χ1) is 11.2. The van der Waals surface area contributed by atoms with Crippen LogP contribution >= 0.6 is 11.8 Å². The highest BCUT2D eigenvalue weighted by Crippen LogP contribution is 2.30. The lowest BCUT2D eigenvalue weighted by molar-refractivity contribution is -0.118. The van der Waals surface area contributed by atoms with Crippen molar-refractivity contribution in [2.45, 2.75) is 17.7 Å². The van der Waals surface area contributed by atoms with Gasteiger partial charge in [-0.25, -0.2) is 0 Å². The van der Waals surface area contributed by atoms with Crippen LogP contribution in [0.2, 0.25) is 0 Å². The Balaban J connectivity index is 1.63. The zero-order valence-electron chi connectivity index (χ0n) is 12.8. The highest BCUT2D eigenvalue weighted by Gasteiger charge is 2.22. The van der Waals surface area contributed by atoms with Crippen LogP contribution in [0.1, 0.15) is 22.3 Å². The van der Waals surface area contributed by atoms with Gasteiger partial charge in [-0.3, -0.25) is 9.59 Å². The number of hydrogen-bond acceptors (Lipinski definition) is 4. The lowest BCUT2D eigenvalue weighted by Crippen LogP contribution is -2.20. The van der Waals surface area contributed by atoms with Crippen molar-refractivity contribution in [1.82, 2.24) is 0 Å². The van der Waals surface area contributed by atoms with Crippen molar-refractivity contribution in [3.8, 4) is 5.75 Å². The van der Waals surface area contributed by atoms with Crippen molar-refractivity contribution >= 4 is 29.1 Å². The molecule has 0 aromatic heterocycles. The highest BCUT2D eigenvalue weighted by atomic mass is 32.2. The summed E-state index contributed by atoms with van der Waals surface area (Å²) in [5, 5.41) is 2.82. The van der Waals surface area contributed by atoms with Crippen LogP contribution in [0.15, 0.2) is 47.4 Å². The number of hydrogen-bond donors (Lipinski definition) is 1. The summed E-state index contributed by atoms with van der Waals surface area (Å²) < 4.78 is 5.62. The summed E-state index contributed by atoms with van der Waals surface area (Å²) in [6, 6.07) is 13.1. The minimum absolute atomic E-state index is 0.0753. The van der Waals surface area contributed by atoms with Crippen LogP contribution in [0.3, 0.4) is 0 Å². The second-order valence-electron chi connectivity index (χ2n) is 5.27. The van der Waals surface area contributed by atoms with Gasteiger partial charge in [-0.1, -0.05) is 18.2 Å². The number of fused-ring (bicyclic) bond motifs is 1. The molecular formula is C18H17NO3S. The third kappa shape index (κ3) is 3.56. The summed E-state index contributed by atoms with van der Waals surface area (Å²) in [5.41, 5.74) is 2.38. The highest BCUT2D eigenvalue weighted by molar-refractivity contribution is 7.98. The molecule has 5 heteroatoms. The lowest BCUT2D eigenvalue weighted by atomic mass is 10.1. The van der Waals surface area contributed by atoms with Crippen molar-refractivity contribution in [2.24, 2.45) is 0 Å². The number of ketones is 1. The monoisotopic (exact) mass is 327 g/mol. The standard InChI is InChI=1S/C18H17NO3S/c1-23-13-5-2-4-12(10-13)19-18(21)11-22-17-7-3-6-14-15(17)8-9-16(14)20/h2-7,10H,8-9,11H2,1H3,(H,19,21). The van der Waals surface area contributed by atoms with Gasteiger partial charge in [0.1, 0.15) is 5.75 Å². The summed E-state index contributed by atoms with van der Waals surface area (Å²) in [7, 11) is 0. The van der Waals surface area contributed by atoms with E-state index in [0.717, 1.165) is 21.7 Å². The molecule has 1 amide bonds. The van der Waals surface area contributed by atoms with E-state index < -0.39 is 0 Å². The molecule has 0 saturated carbocycles. The largest absolute Gasteiger partial charge is 0.483 e. The van der Waals surface area contributed by atoms with E-state index in [1.54, 1.807) is 23.9 Å². The third-order valence-corrected chi connectivity index (χ3v) is 4.47. The molecule has 0 aliphatic heterocycles. The molecule has 0 fully saturated rings. The molecule has 0 unspecified atom stereocenters. The fourth-order valence-corrected chi connectivity index (χ4v) is 3.09. The summed E-state index contributed by atoms with van der Waals surface area (Å²) in [5.74, 6) is 0.551. The minimum Gasteiger partial charge on any atom is -0.483 e. The van der Waals surface area contributed by atoms with Gasteiger partial charge in [0.05, 0.1) is 0 Å².